The number of nitrogens with one attached hydrogen (secondary N) is 2. The van der Waals surface area contributed by atoms with Gasteiger partial charge in [-0.25, -0.2) is 4.39 Å². The zero-order valence-corrected chi connectivity index (χ0v) is 18.8. The Morgan fingerprint density at radius 3 is 2.50 bits per heavy atom. The number of anilines is 1. The van der Waals surface area contributed by atoms with Crippen LogP contribution in [0.3, 0.4) is 0 Å². The van der Waals surface area contributed by atoms with Crippen LogP contribution in [-0.2, 0) is 11.0 Å². The molecule has 0 spiro atoms. The van der Waals surface area contributed by atoms with Gasteiger partial charge in [-0.3, -0.25) is 15.0 Å². The summed E-state index contributed by atoms with van der Waals surface area (Å²) in [5.74, 6) is -3.87. The normalized spacial score (nSPS) is 18.5. The first-order valence-corrected chi connectivity index (χ1v) is 10.9. The molecule has 2 unspecified atom stereocenters. The summed E-state index contributed by atoms with van der Waals surface area (Å²) in [6.07, 6.45) is -3.84. The highest BCUT2D eigenvalue weighted by molar-refractivity contribution is 6.34. The number of likely N-dealkylation sites (tertiary alicyclic amines) is 1. The molecule has 0 radical (unpaired) electrons. The summed E-state index contributed by atoms with van der Waals surface area (Å²) in [7, 11) is 0. The highest BCUT2D eigenvalue weighted by atomic mass is 35.5. The van der Waals surface area contributed by atoms with Gasteiger partial charge in [0.2, 0.25) is 0 Å². The van der Waals surface area contributed by atoms with Gasteiger partial charge in [0.1, 0.15) is 11.7 Å². The Morgan fingerprint density at radius 2 is 1.88 bits per heavy atom. The van der Waals surface area contributed by atoms with Gasteiger partial charge in [-0.15, -0.1) is 0 Å². The fraction of sp³-hybridized carbons (Fsp3) is 0.348. The summed E-state index contributed by atoms with van der Waals surface area (Å²) < 4.78 is 55.2. The van der Waals surface area contributed by atoms with Crippen LogP contribution >= 0.6 is 11.6 Å². The van der Waals surface area contributed by atoms with Crippen LogP contribution in [0.15, 0.2) is 36.4 Å². The van der Waals surface area contributed by atoms with Crippen LogP contribution in [0, 0.1) is 17.1 Å². The highest BCUT2D eigenvalue weighted by Gasteiger charge is 2.37. The lowest BCUT2D eigenvalue weighted by Crippen LogP contribution is -2.47. The van der Waals surface area contributed by atoms with Crippen molar-refractivity contribution in [1.29, 1.82) is 5.41 Å². The SMILES string of the molecule is CCC1CC(C(=O)O)CCN1C(=N)c1c(F)cccc1NC(=O)c1c(Cl)cccc1C(F)(F)F. The first-order valence-electron chi connectivity index (χ1n) is 10.5. The third kappa shape index (κ3) is 5.16. The standard InChI is InChI=1S/C23H22ClF4N3O3/c1-2-13-11-12(22(33)34)9-10-31(13)20(29)19-16(25)7-4-8-17(19)30-21(32)18-14(23(26,27)28)5-3-6-15(18)24/h3-8,12-13,29H,2,9-11H2,1H3,(H,30,32)(H,33,34). The predicted molar refractivity (Wildman–Crippen MR) is 119 cm³/mol. The lowest BCUT2D eigenvalue weighted by molar-refractivity contribution is -0.143. The number of halogens is 5. The quantitative estimate of drug-likeness (QED) is 0.281. The van der Waals surface area contributed by atoms with E-state index >= 15 is 0 Å². The fourth-order valence-corrected chi connectivity index (χ4v) is 4.41. The monoisotopic (exact) mass is 499 g/mol. The average Bonchev–Trinajstić information content (AvgIpc) is 2.77. The highest BCUT2D eigenvalue weighted by Crippen LogP contribution is 2.36. The molecular formula is C23H22ClF4N3O3. The number of hydrogen-bond donors (Lipinski definition) is 3. The van der Waals surface area contributed by atoms with Crippen LogP contribution in [-0.4, -0.2) is 40.3 Å². The van der Waals surface area contributed by atoms with Gasteiger partial charge in [0.25, 0.3) is 5.91 Å². The van der Waals surface area contributed by atoms with Crippen molar-refractivity contribution >= 4 is 35.0 Å². The maximum atomic E-state index is 14.9. The Bertz CT molecular complexity index is 1120. The third-order valence-corrected chi connectivity index (χ3v) is 6.18. The summed E-state index contributed by atoms with van der Waals surface area (Å²) in [4.78, 5) is 25.8. The second-order valence-electron chi connectivity index (χ2n) is 7.94. The van der Waals surface area contributed by atoms with Gasteiger partial charge in [-0.2, -0.15) is 13.2 Å². The molecule has 1 saturated heterocycles. The van der Waals surface area contributed by atoms with Crippen molar-refractivity contribution in [2.24, 2.45) is 5.92 Å². The van der Waals surface area contributed by atoms with Crippen molar-refractivity contribution in [3.05, 3.63) is 63.9 Å². The van der Waals surface area contributed by atoms with Crippen LogP contribution in [0.25, 0.3) is 0 Å². The Balaban J connectivity index is 1.96. The largest absolute Gasteiger partial charge is 0.481 e. The number of carbonyl (C=O) groups excluding carboxylic acids is 1. The Kier molecular flexibility index (Phi) is 7.50. The molecule has 182 valence electrons. The fourth-order valence-electron chi connectivity index (χ4n) is 4.15. The molecule has 6 nitrogen and oxygen atoms in total. The van der Waals surface area contributed by atoms with Crippen molar-refractivity contribution in [2.45, 2.75) is 38.4 Å². The topological polar surface area (TPSA) is 93.5 Å². The molecule has 0 aliphatic carbocycles. The molecule has 1 aliphatic rings. The number of carbonyl (C=O) groups is 2. The van der Waals surface area contributed by atoms with E-state index in [1.807, 2.05) is 6.92 Å². The maximum Gasteiger partial charge on any atom is 0.417 e. The minimum atomic E-state index is -4.85. The number of hydrogen-bond acceptors (Lipinski definition) is 3. The van der Waals surface area contributed by atoms with Gasteiger partial charge in [0.05, 0.1) is 33.3 Å². The van der Waals surface area contributed by atoms with E-state index in [1.165, 1.54) is 12.1 Å². The van der Waals surface area contributed by atoms with Gasteiger partial charge >= 0.3 is 12.1 Å². The maximum absolute atomic E-state index is 14.9. The number of amidine groups is 1. The van der Waals surface area contributed by atoms with E-state index in [0.29, 0.717) is 12.5 Å². The summed E-state index contributed by atoms with van der Waals surface area (Å²) >= 11 is 5.90. The molecule has 1 amide bonds. The van der Waals surface area contributed by atoms with Crippen LogP contribution in [0.1, 0.15) is 47.7 Å². The molecule has 1 fully saturated rings. The smallest absolute Gasteiger partial charge is 0.417 e. The van der Waals surface area contributed by atoms with Gasteiger partial charge in [0.15, 0.2) is 0 Å². The second-order valence-corrected chi connectivity index (χ2v) is 8.35. The summed E-state index contributed by atoms with van der Waals surface area (Å²) in [5.41, 5.74) is -2.55. The molecule has 3 N–H and O–H groups in total. The van der Waals surface area contributed by atoms with Gasteiger partial charge in [-0.1, -0.05) is 30.7 Å². The number of piperidine rings is 1. The molecule has 2 atom stereocenters. The first kappa shape index (κ1) is 25.5. The van der Waals surface area contributed by atoms with Crippen molar-refractivity contribution in [2.75, 3.05) is 11.9 Å². The van der Waals surface area contributed by atoms with Crippen molar-refractivity contribution < 1.29 is 32.3 Å². The number of benzene rings is 2. The summed E-state index contributed by atoms with van der Waals surface area (Å²) in [5, 5.41) is 19.8. The molecule has 1 aliphatic heterocycles. The molecule has 1 heterocycles. The Morgan fingerprint density at radius 1 is 1.21 bits per heavy atom. The third-order valence-electron chi connectivity index (χ3n) is 5.87. The van der Waals surface area contributed by atoms with Crippen molar-refractivity contribution in [3.8, 4) is 0 Å². The number of aliphatic carboxylic acids is 1. The van der Waals surface area contributed by atoms with Crippen molar-refractivity contribution in [1.82, 2.24) is 4.90 Å². The lowest BCUT2D eigenvalue weighted by Gasteiger charge is -2.40. The number of nitrogens with zero attached hydrogens (tertiary/aromatic N) is 1. The van der Waals surface area contributed by atoms with Crippen LogP contribution in [0.2, 0.25) is 5.02 Å². The van der Waals surface area contributed by atoms with Gasteiger partial charge in [-0.05, 0) is 43.5 Å². The van der Waals surface area contributed by atoms with E-state index in [0.717, 1.165) is 18.2 Å². The number of carboxylic acid groups (broad SMARTS) is 1. The number of rotatable bonds is 5. The predicted octanol–water partition coefficient (Wildman–Crippen LogP) is 5.65. The molecule has 0 aromatic heterocycles. The zero-order valence-electron chi connectivity index (χ0n) is 18.0. The van der Waals surface area contributed by atoms with E-state index in [9.17, 15) is 32.3 Å². The minimum absolute atomic E-state index is 0.179. The first-order chi connectivity index (χ1) is 16.0. The van der Waals surface area contributed by atoms with E-state index in [4.69, 9.17) is 17.0 Å². The summed E-state index contributed by atoms with van der Waals surface area (Å²) in [6.45, 7) is 1.99. The van der Waals surface area contributed by atoms with Crippen molar-refractivity contribution in [3.63, 3.8) is 0 Å². The zero-order chi connectivity index (χ0) is 25.2. The van der Waals surface area contributed by atoms with E-state index in [2.05, 4.69) is 5.32 Å². The molecule has 0 saturated carbocycles. The van der Waals surface area contributed by atoms with Crippen LogP contribution in [0.4, 0.5) is 23.2 Å². The Hall–Kier alpha value is -3.14. The molecule has 3 rings (SSSR count). The molecule has 11 heteroatoms. The summed E-state index contributed by atoms with van der Waals surface area (Å²) in [6, 6.07) is 6.17. The number of alkyl halides is 3. The molecular weight excluding hydrogens is 478 g/mol. The number of amides is 1. The average molecular weight is 500 g/mol. The van der Waals surface area contributed by atoms with Gasteiger partial charge in [0, 0.05) is 12.6 Å². The molecule has 0 bridgehead atoms. The van der Waals surface area contributed by atoms with Crippen LogP contribution < -0.4 is 5.32 Å². The molecule has 2 aromatic carbocycles. The van der Waals surface area contributed by atoms with E-state index < -0.39 is 45.9 Å². The van der Waals surface area contributed by atoms with Crippen LogP contribution in [0.5, 0.6) is 0 Å². The molecule has 34 heavy (non-hydrogen) atoms. The Labute approximate surface area is 198 Å². The van der Waals surface area contributed by atoms with E-state index in [1.54, 1.807) is 4.90 Å². The minimum Gasteiger partial charge on any atom is -0.481 e. The number of carboxylic acids is 1. The van der Waals surface area contributed by atoms with E-state index in [-0.39, 0.29) is 42.5 Å². The lowest BCUT2D eigenvalue weighted by atomic mass is 9.89. The molecule has 2 aromatic rings. The second kappa shape index (κ2) is 10.0. The van der Waals surface area contributed by atoms with Gasteiger partial charge < -0.3 is 15.3 Å².